The fourth-order valence-corrected chi connectivity index (χ4v) is 3.66. The van der Waals surface area contributed by atoms with E-state index in [0.29, 0.717) is 43.4 Å². The van der Waals surface area contributed by atoms with Gasteiger partial charge in [-0.15, -0.1) is 5.10 Å². The van der Waals surface area contributed by atoms with Crippen molar-refractivity contribution in [3.05, 3.63) is 35.7 Å². The molecule has 0 unspecified atom stereocenters. The number of rotatable bonds is 6. The molecule has 2 aliphatic heterocycles. The molecular formula is C21H27N5O4. The predicted octanol–water partition coefficient (Wildman–Crippen LogP) is 1.80. The molecule has 9 heteroatoms. The topological polar surface area (TPSA) is 98.6 Å². The summed E-state index contributed by atoms with van der Waals surface area (Å²) in [7, 11) is 0. The highest BCUT2D eigenvalue weighted by atomic mass is 16.7. The summed E-state index contributed by atoms with van der Waals surface area (Å²) in [6.45, 7) is 6.22. The van der Waals surface area contributed by atoms with Gasteiger partial charge in [-0.25, -0.2) is 4.68 Å². The fraction of sp³-hybridized carbons (Fsp3) is 0.524. The summed E-state index contributed by atoms with van der Waals surface area (Å²) >= 11 is 0. The van der Waals surface area contributed by atoms with Crippen molar-refractivity contribution in [2.45, 2.75) is 39.2 Å². The lowest BCUT2D eigenvalue weighted by Gasteiger charge is -2.32. The van der Waals surface area contributed by atoms with Crippen molar-refractivity contribution in [3.8, 4) is 11.5 Å². The Morgan fingerprint density at radius 1 is 1.20 bits per heavy atom. The molecule has 1 N–H and O–H groups in total. The first-order valence-corrected chi connectivity index (χ1v) is 10.4. The Kier molecular flexibility index (Phi) is 5.87. The largest absolute Gasteiger partial charge is 0.454 e. The van der Waals surface area contributed by atoms with Crippen LogP contribution in [0.2, 0.25) is 0 Å². The van der Waals surface area contributed by atoms with Gasteiger partial charge in [0.1, 0.15) is 0 Å². The normalized spacial score (nSPS) is 16.2. The highest BCUT2D eigenvalue weighted by Crippen LogP contribution is 2.33. The number of nitrogens with zero attached hydrogens (tertiary/aromatic N) is 4. The molecule has 1 saturated heterocycles. The van der Waals surface area contributed by atoms with Crippen LogP contribution in [0, 0.1) is 5.92 Å². The number of likely N-dealkylation sites (tertiary alicyclic amines) is 1. The first kappa shape index (κ1) is 20.2. The third kappa shape index (κ3) is 4.55. The van der Waals surface area contributed by atoms with E-state index in [-0.39, 0.29) is 24.6 Å². The van der Waals surface area contributed by atoms with E-state index in [4.69, 9.17) is 9.47 Å². The molecule has 160 valence electrons. The summed E-state index contributed by atoms with van der Waals surface area (Å²) in [5, 5.41) is 11.0. The summed E-state index contributed by atoms with van der Waals surface area (Å²) in [5.74, 6) is 1.69. The third-order valence-corrected chi connectivity index (χ3v) is 5.40. The van der Waals surface area contributed by atoms with E-state index >= 15 is 0 Å². The van der Waals surface area contributed by atoms with Crippen LogP contribution in [0.25, 0.3) is 0 Å². The van der Waals surface area contributed by atoms with Crippen molar-refractivity contribution in [2.75, 3.05) is 26.4 Å². The molecule has 3 heterocycles. The van der Waals surface area contributed by atoms with E-state index in [1.165, 1.54) is 0 Å². The predicted molar refractivity (Wildman–Crippen MR) is 108 cm³/mol. The smallest absolute Gasteiger partial charge is 0.273 e. The molecule has 30 heavy (non-hydrogen) atoms. The Labute approximate surface area is 175 Å². The molecule has 1 aromatic carbocycles. The van der Waals surface area contributed by atoms with E-state index in [1.54, 1.807) is 10.9 Å². The minimum atomic E-state index is -0.203. The van der Waals surface area contributed by atoms with Gasteiger partial charge in [0.15, 0.2) is 17.2 Å². The molecule has 0 spiro atoms. The average Bonchev–Trinajstić information content (AvgIpc) is 3.41. The van der Waals surface area contributed by atoms with E-state index in [0.717, 1.165) is 24.2 Å². The van der Waals surface area contributed by atoms with Gasteiger partial charge in [0, 0.05) is 19.6 Å². The number of aromatic nitrogens is 3. The summed E-state index contributed by atoms with van der Waals surface area (Å²) in [6.07, 6.45) is 3.60. The zero-order valence-electron chi connectivity index (χ0n) is 17.3. The van der Waals surface area contributed by atoms with E-state index in [2.05, 4.69) is 15.6 Å². The third-order valence-electron chi connectivity index (χ3n) is 5.40. The van der Waals surface area contributed by atoms with E-state index in [9.17, 15) is 9.59 Å². The number of piperidine rings is 1. The SMILES string of the molecule is CC(C)CNC(=O)c1cn(C2CCN(C(=O)Cc3ccc4c(c3)OCO4)CC2)nn1. The second-order valence-electron chi connectivity index (χ2n) is 8.16. The number of fused-ring (bicyclic) bond motifs is 1. The Morgan fingerprint density at radius 2 is 1.97 bits per heavy atom. The Morgan fingerprint density at radius 3 is 2.73 bits per heavy atom. The fourth-order valence-electron chi connectivity index (χ4n) is 3.66. The van der Waals surface area contributed by atoms with Crippen molar-refractivity contribution in [1.82, 2.24) is 25.2 Å². The molecule has 2 aromatic rings. The first-order chi connectivity index (χ1) is 14.5. The van der Waals surface area contributed by atoms with Crippen molar-refractivity contribution in [3.63, 3.8) is 0 Å². The van der Waals surface area contributed by atoms with Crippen molar-refractivity contribution < 1.29 is 19.1 Å². The van der Waals surface area contributed by atoms with Crippen LogP contribution in [-0.2, 0) is 11.2 Å². The number of carbonyl (C=O) groups excluding carboxylic acids is 2. The molecule has 0 saturated carbocycles. The van der Waals surface area contributed by atoms with Crippen LogP contribution >= 0.6 is 0 Å². The number of nitrogens with one attached hydrogen (secondary N) is 1. The molecule has 4 rings (SSSR count). The van der Waals surface area contributed by atoms with Gasteiger partial charge in [0.2, 0.25) is 12.7 Å². The van der Waals surface area contributed by atoms with Crippen LogP contribution in [-0.4, -0.2) is 58.1 Å². The average molecular weight is 413 g/mol. The number of hydrogen-bond donors (Lipinski definition) is 1. The highest BCUT2D eigenvalue weighted by Gasteiger charge is 2.26. The minimum Gasteiger partial charge on any atom is -0.454 e. The zero-order valence-corrected chi connectivity index (χ0v) is 17.3. The molecule has 0 bridgehead atoms. The Bertz CT molecular complexity index is 918. The maximum atomic E-state index is 12.7. The second-order valence-corrected chi connectivity index (χ2v) is 8.16. The molecule has 0 aliphatic carbocycles. The van der Waals surface area contributed by atoms with Gasteiger partial charge in [0.05, 0.1) is 18.7 Å². The maximum absolute atomic E-state index is 12.7. The second kappa shape index (κ2) is 8.73. The zero-order chi connectivity index (χ0) is 21.1. The van der Waals surface area contributed by atoms with E-state index < -0.39 is 0 Å². The molecule has 2 aliphatic rings. The quantitative estimate of drug-likeness (QED) is 0.775. The van der Waals surface area contributed by atoms with Crippen LogP contribution in [0.5, 0.6) is 11.5 Å². The maximum Gasteiger partial charge on any atom is 0.273 e. The van der Waals surface area contributed by atoms with Crippen molar-refractivity contribution >= 4 is 11.8 Å². The molecule has 1 fully saturated rings. The monoisotopic (exact) mass is 413 g/mol. The minimum absolute atomic E-state index is 0.0969. The van der Waals surface area contributed by atoms with Crippen LogP contribution in [0.4, 0.5) is 0 Å². The summed E-state index contributed by atoms with van der Waals surface area (Å²) in [4.78, 5) is 26.7. The van der Waals surface area contributed by atoms with Gasteiger partial charge >= 0.3 is 0 Å². The van der Waals surface area contributed by atoms with Crippen molar-refractivity contribution in [2.24, 2.45) is 5.92 Å². The van der Waals surface area contributed by atoms with Gasteiger partial charge in [-0.3, -0.25) is 9.59 Å². The van der Waals surface area contributed by atoms with Gasteiger partial charge in [-0.2, -0.15) is 0 Å². The van der Waals surface area contributed by atoms with Gasteiger partial charge in [-0.05, 0) is 36.5 Å². The standard InChI is InChI=1S/C21H27N5O4/c1-14(2)11-22-21(28)17-12-26(24-23-17)16-5-7-25(8-6-16)20(27)10-15-3-4-18-19(9-15)30-13-29-18/h3-4,9,12,14,16H,5-8,10-11,13H2,1-2H3,(H,22,28). The summed E-state index contributed by atoms with van der Waals surface area (Å²) in [6, 6.07) is 5.75. The number of ether oxygens (including phenoxy) is 2. The lowest BCUT2D eigenvalue weighted by molar-refractivity contribution is -0.131. The number of hydrogen-bond acceptors (Lipinski definition) is 6. The molecule has 1 aromatic heterocycles. The molecule has 9 nitrogen and oxygen atoms in total. The van der Waals surface area contributed by atoms with Crippen LogP contribution in [0.15, 0.2) is 24.4 Å². The van der Waals surface area contributed by atoms with Gasteiger partial charge in [0.25, 0.3) is 5.91 Å². The summed E-state index contributed by atoms with van der Waals surface area (Å²) < 4.78 is 12.5. The molecular weight excluding hydrogens is 386 g/mol. The number of benzene rings is 1. The van der Waals surface area contributed by atoms with Gasteiger partial charge < -0.3 is 19.7 Å². The van der Waals surface area contributed by atoms with Gasteiger partial charge in [-0.1, -0.05) is 25.1 Å². The lowest BCUT2D eigenvalue weighted by atomic mass is 10.0. The summed E-state index contributed by atoms with van der Waals surface area (Å²) in [5.41, 5.74) is 1.25. The van der Waals surface area contributed by atoms with Crippen LogP contribution in [0.3, 0.4) is 0 Å². The molecule has 0 radical (unpaired) electrons. The van der Waals surface area contributed by atoms with E-state index in [1.807, 2.05) is 36.9 Å². The highest BCUT2D eigenvalue weighted by molar-refractivity contribution is 5.91. The molecule has 2 amide bonds. The first-order valence-electron chi connectivity index (χ1n) is 10.4. The van der Waals surface area contributed by atoms with Crippen LogP contribution < -0.4 is 14.8 Å². The lowest BCUT2D eigenvalue weighted by Crippen LogP contribution is -2.40. The number of amides is 2. The Balaban J connectivity index is 1.28. The Hall–Kier alpha value is -3.10. The van der Waals surface area contributed by atoms with Crippen LogP contribution in [0.1, 0.15) is 48.8 Å². The molecule has 0 atom stereocenters. The number of carbonyl (C=O) groups is 2. The van der Waals surface area contributed by atoms with Crippen molar-refractivity contribution in [1.29, 1.82) is 0 Å².